The second-order valence-corrected chi connectivity index (χ2v) is 6.99. The average molecular weight is 375 g/mol. The number of morpholine rings is 1. The van der Waals surface area contributed by atoms with Gasteiger partial charge in [-0.1, -0.05) is 23.7 Å². The van der Waals surface area contributed by atoms with E-state index in [1.807, 2.05) is 24.3 Å². The van der Waals surface area contributed by atoms with Gasteiger partial charge >= 0.3 is 0 Å². The molecule has 0 unspecified atom stereocenters. The summed E-state index contributed by atoms with van der Waals surface area (Å²) in [6, 6.07) is 7.47. The Morgan fingerprint density at radius 3 is 2.81 bits per heavy atom. The number of H-pyrrole nitrogens is 1. The maximum Gasteiger partial charge on any atom is 0.228 e. The molecule has 8 heteroatoms. The fraction of sp³-hybridized carbons (Fsp3) is 0.389. The molecular formula is C18H19ClN4O3. The zero-order valence-electron chi connectivity index (χ0n) is 14.1. The molecule has 2 aliphatic heterocycles. The number of aromatic nitrogens is 2. The number of rotatable bonds is 3. The van der Waals surface area contributed by atoms with Crippen LogP contribution in [0.2, 0.25) is 5.02 Å². The van der Waals surface area contributed by atoms with E-state index in [0.29, 0.717) is 37.0 Å². The summed E-state index contributed by atoms with van der Waals surface area (Å²) in [4.78, 5) is 28.6. The van der Waals surface area contributed by atoms with E-state index in [1.54, 1.807) is 22.2 Å². The second kappa shape index (κ2) is 7.09. The lowest BCUT2D eigenvalue weighted by molar-refractivity contribution is -0.143. The molecule has 2 amide bonds. The second-order valence-electron chi connectivity index (χ2n) is 6.56. The lowest BCUT2D eigenvalue weighted by Gasteiger charge is -2.34. The van der Waals surface area contributed by atoms with Gasteiger partial charge in [0.15, 0.2) is 0 Å². The van der Waals surface area contributed by atoms with E-state index < -0.39 is 0 Å². The number of aromatic amines is 1. The minimum atomic E-state index is -0.332. The highest BCUT2D eigenvalue weighted by Gasteiger charge is 2.38. The summed E-state index contributed by atoms with van der Waals surface area (Å²) in [6.07, 6.45) is 3.31. The highest BCUT2D eigenvalue weighted by Crippen LogP contribution is 2.28. The molecule has 1 aromatic heterocycles. The van der Waals surface area contributed by atoms with E-state index >= 15 is 0 Å². The summed E-state index contributed by atoms with van der Waals surface area (Å²) in [5.74, 6) is -0.375. The van der Waals surface area contributed by atoms with Crippen LogP contribution in [0.25, 0.3) is 0 Å². The molecule has 0 spiro atoms. The van der Waals surface area contributed by atoms with E-state index in [2.05, 4.69) is 10.2 Å². The highest BCUT2D eigenvalue weighted by atomic mass is 35.5. The summed E-state index contributed by atoms with van der Waals surface area (Å²) >= 11 is 5.94. The Balaban J connectivity index is 1.43. The van der Waals surface area contributed by atoms with Crippen molar-refractivity contribution in [3.8, 4) is 0 Å². The SMILES string of the molecule is O=C([C@@H]1CC(=O)N(c2cn[nH]c2)C1)N1CCO[C@@H](c2ccc(Cl)cc2)C1. The first kappa shape index (κ1) is 17.1. The van der Waals surface area contributed by atoms with Crippen LogP contribution in [0.5, 0.6) is 0 Å². The Morgan fingerprint density at radius 1 is 1.27 bits per heavy atom. The van der Waals surface area contributed by atoms with Gasteiger partial charge in [-0.2, -0.15) is 5.10 Å². The molecule has 2 fully saturated rings. The van der Waals surface area contributed by atoms with E-state index in [1.165, 1.54) is 0 Å². The summed E-state index contributed by atoms with van der Waals surface area (Å²) in [5.41, 5.74) is 1.70. The maximum absolute atomic E-state index is 12.9. The molecular weight excluding hydrogens is 356 g/mol. The number of halogens is 1. The van der Waals surface area contributed by atoms with Crippen molar-refractivity contribution in [2.45, 2.75) is 12.5 Å². The van der Waals surface area contributed by atoms with Crippen LogP contribution < -0.4 is 4.90 Å². The van der Waals surface area contributed by atoms with Crippen molar-refractivity contribution >= 4 is 29.1 Å². The van der Waals surface area contributed by atoms with Crippen LogP contribution in [0.1, 0.15) is 18.1 Å². The van der Waals surface area contributed by atoms with Crippen LogP contribution in [0, 0.1) is 5.92 Å². The Bertz CT molecular complexity index is 793. The molecule has 3 heterocycles. The topological polar surface area (TPSA) is 78.5 Å². The molecule has 1 aromatic carbocycles. The molecule has 0 aliphatic carbocycles. The molecule has 2 saturated heterocycles. The zero-order valence-corrected chi connectivity index (χ0v) is 14.9. The molecule has 136 valence electrons. The van der Waals surface area contributed by atoms with Gasteiger partial charge in [0.05, 0.1) is 31.0 Å². The van der Waals surface area contributed by atoms with Gasteiger partial charge in [0.1, 0.15) is 6.10 Å². The third kappa shape index (κ3) is 3.32. The fourth-order valence-electron chi connectivity index (χ4n) is 3.50. The number of nitrogens with one attached hydrogen (secondary N) is 1. The van der Waals surface area contributed by atoms with Crippen molar-refractivity contribution in [2.24, 2.45) is 5.92 Å². The predicted molar refractivity (Wildman–Crippen MR) is 95.8 cm³/mol. The van der Waals surface area contributed by atoms with Gasteiger partial charge in [-0.05, 0) is 17.7 Å². The molecule has 2 aromatic rings. The number of ether oxygens (including phenoxy) is 1. The Kier molecular flexibility index (Phi) is 4.65. The standard InChI is InChI=1S/C18H19ClN4O3/c19-14-3-1-12(2-4-14)16-11-22(5-6-26-16)18(25)13-7-17(24)23(10-13)15-8-20-21-9-15/h1-4,8-9,13,16H,5-7,10-11H2,(H,20,21)/t13-,16-/m1/s1. The van der Waals surface area contributed by atoms with Crippen molar-refractivity contribution < 1.29 is 14.3 Å². The molecule has 0 saturated carbocycles. The summed E-state index contributed by atoms with van der Waals surface area (Å²) < 4.78 is 5.82. The fourth-order valence-corrected chi connectivity index (χ4v) is 3.63. The molecule has 1 N–H and O–H groups in total. The van der Waals surface area contributed by atoms with Crippen molar-refractivity contribution in [3.05, 3.63) is 47.2 Å². The number of nitrogens with zero attached hydrogens (tertiary/aromatic N) is 3. The minimum Gasteiger partial charge on any atom is -0.370 e. The molecule has 4 rings (SSSR count). The van der Waals surface area contributed by atoms with Gasteiger partial charge in [-0.15, -0.1) is 0 Å². The number of hydrogen-bond acceptors (Lipinski definition) is 4. The highest BCUT2D eigenvalue weighted by molar-refractivity contribution is 6.30. The largest absolute Gasteiger partial charge is 0.370 e. The third-order valence-corrected chi connectivity index (χ3v) is 5.14. The molecule has 7 nitrogen and oxygen atoms in total. The number of carbonyl (C=O) groups excluding carboxylic acids is 2. The minimum absolute atomic E-state index is 0.00612. The van der Waals surface area contributed by atoms with Crippen molar-refractivity contribution in [1.82, 2.24) is 15.1 Å². The van der Waals surface area contributed by atoms with Crippen LogP contribution in [-0.2, 0) is 14.3 Å². The number of anilines is 1. The molecule has 0 radical (unpaired) electrons. The lowest BCUT2D eigenvalue weighted by Crippen LogP contribution is -2.45. The first-order chi connectivity index (χ1) is 12.6. The van der Waals surface area contributed by atoms with Crippen molar-refractivity contribution in [2.75, 3.05) is 31.1 Å². The number of benzene rings is 1. The molecule has 0 bridgehead atoms. The van der Waals surface area contributed by atoms with Gasteiger partial charge in [-0.25, -0.2) is 0 Å². The summed E-state index contributed by atoms with van der Waals surface area (Å²) in [6.45, 7) is 1.89. The lowest BCUT2D eigenvalue weighted by atomic mass is 10.0. The number of amides is 2. The normalized spacial score (nSPS) is 23.5. The van der Waals surface area contributed by atoms with E-state index in [4.69, 9.17) is 16.3 Å². The Hall–Kier alpha value is -2.38. The third-order valence-electron chi connectivity index (χ3n) is 4.89. The van der Waals surface area contributed by atoms with Crippen LogP contribution in [0.15, 0.2) is 36.7 Å². The summed E-state index contributed by atoms with van der Waals surface area (Å²) in [7, 11) is 0. The Morgan fingerprint density at radius 2 is 2.08 bits per heavy atom. The van der Waals surface area contributed by atoms with Gasteiger partial charge in [0.25, 0.3) is 0 Å². The Labute approximate surface area is 155 Å². The van der Waals surface area contributed by atoms with E-state index in [9.17, 15) is 9.59 Å². The smallest absolute Gasteiger partial charge is 0.228 e. The first-order valence-corrected chi connectivity index (χ1v) is 8.94. The van der Waals surface area contributed by atoms with Gasteiger partial charge in [0, 0.05) is 30.7 Å². The summed E-state index contributed by atoms with van der Waals surface area (Å²) in [5, 5.41) is 7.24. The van der Waals surface area contributed by atoms with Gasteiger partial charge in [-0.3, -0.25) is 14.7 Å². The van der Waals surface area contributed by atoms with E-state index in [-0.39, 0.29) is 30.3 Å². The van der Waals surface area contributed by atoms with E-state index in [0.717, 1.165) is 5.56 Å². The quantitative estimate of drug-likeness (QED) is 0.891. The van der Waals surface area contributed by atoms with Crippen molar-refractivity contribution in [1.29, 1.82) is 0 Å². The maximum atomic E-state index is 12.9. The molecule has 2 atom stereocenters. The van der Waals surface area contributed by atoms with Gasteiger partial charge in [0.2, 0.25) is 11.8 Å². The average Bonchev–Trinajstić information content (AvgIpc) is 3.31. The number of hydrogen-bond donors (Lipinski definition) is 1. The van der Waals surface area contributed by atoms with Crippen LogP contribution in [0.3, 0.4) is 0 Å². The predicted octanol–water partition coefficient (Wildman–Crippen LogP) is 2.02. The molecule has 26 heavy (non-hydrogen) atoms. The van der Waals surface area contributed by atoms with Crippen LogP contribution >= 0.6 is 11.6 Å². The first-order valence-electron chi connectivity index (χ1n) is 8.57. The van der Waals surface area contributed by atoms with Gasteiger partial charge < -0.3 is 14.5 Å². The van der Waals surface area contributed by atoms with Crippen LogP contribution in [0.4, 0.5) is 5.69 Å². The monoisotopic (exact) mass is 374 g/mol. The van der Waals surface area contributed by atoms with Crippen molar-refractivity contribution in [3.63, 3.8) is 0 Å². The number of carbonyl (C=O) groups is 2. The van der Waals surface area contributed by atoms with Crippen LogP contribution in [-0.4, -0.2) is 53.2 Å². The molecule has 2 aliphatic rings. The zero-order chi connectivity index (χ0) is 18.1.